The van der Waals surface area contributed by atoms with Gasteiger partial charge in [0.2, 0.25) is 0 Å². The van der Waals surface area contributed by atoms with Gasteiger partial charge in [-0.05, 0) is 23.1 Å². The number of hydrogen-bond acceptors (Lipinski definition) is 4. The van der Waals surface area contributed by atoms with E-state index < -0.39 is 0 Å². The first kappa shape index (κ1) is 10.5. The summed E-state index contributed by atoms with van der Waals surface area (Å²) in [5.41, 5.74) is 10.4. The van der Waals surface area contributed by atoms with Gasteiger partial charge in [-0.2, -0.15) is 0 Å². The number of nitrogens with two attached hydrogens (primary N) is 1. The van der Waals surface area contributed by atoms with Crippen molar-refractivity contribution in [2.24, 2.45) is 5.73 Å². The average molecular weight is 230 g/mol. The Morgan fingerprint density at radius 2 is 2.35 bits per heavy atom. The van der Waals surface area contributed by atoms with Crippen molar-refractivity contribution < 1.29 is 9.26 Å². The SMILES string of the molecule is NC[C@H]1OCCc2c(-c3cnoc3)cccc21. The molecule has 1 aliphatic rings. The van der Waals surface area contributed by atoms with Crippen molar-refractivity contribution >= 4 is 0 Å². The standard InChI is InChI=1S/C13H14N2O2/c14-6-13-12-3-1-2-10(9-7-15-17-8-9)11(12)4-5-16-13/h1-3,7-8,13H,4-6,14H2/t13-/m1/s1. The highest BCUT2D eigenvalue weighted by atomic mass is 16.5. The molecule has 0 radical (unpaired) electrons. The number of benzene rings is 1. The van der Waals surface area contributed by atoms with Gasteiger partial charge in [0.15, 0.2) is 0 Å². The van der Waals surface area contributed by atoms with Crippen LogP contribution in [0, 0.1) is 0 Å². The van der Waals surface area contributed by atoms with Gasteiger partial charge in [0, 0.05) is 12.1 Å². The monoisotopic (exact) mass is 230 g/mol. The van der Waals surface area contributed by atoms with Crippen molar-refractivity contribution in [2.45, 2.75) is 12.5 Å². The molecule has 1 aromatic heterocycles. The predicted octanol–water partition coefficient (Wildman–Crippen LogP) is 1.91. The van der Waals surface area contributed by atoms with Crippen LogP contribution < -0.4 is 5.73 Å². The van der Waals surface area contributed by atoms with E-state index in [0.29, 0.717) is 6.54 Å². The molecule has 2 N–H and O–H groups in total. The van der Waals surface area contributed by atoms with Crippen molar-refractivity contribution in [3.05, 3.63) is 41.8 Å². The largest absolute Gasteiger partial charge is 0.372 e. The summed E-state index contributed by atoms with van der Waals surface area (Å²) in [6.07, 6.45) is 4.33. The minimum Gasteiger partial charge on any atom is -0.372 e. The highest BCUT2D eigenvalue weighted by Crippen LogP contribution is 2.33. The third-order valence-corrected chi connectivity index (χ3v) is 3.19. The van der Waals surface area contributed by atoms with Crippen LogP contribution in [0.15, 0.2) is 35.2 Å². The van der Waals surface area contributed by atoms with E-state index in [1.165, 1.54) is 16.7 Å². The van der Waals surface area contributed by atoms with Crippen LogP contribution in [0.3, 0.4) is 0 Å². The molecule has 1 atom stereocenters. The van der Waals surface area contributed by atoms with Gasteiger partial charge in [-0.1, -0.05) is 23.4 Å². The van der Waals surface area contributed by atoms with E-state index in [2.05, 4.69) is 17.3 Å². The summed E-state index contributed by atoms with van der Waals surface area (Å²) in [4.78, 5) is 0. The van der Waals surface area contributed by atoms with Crippen molar-refractivity contribution in [2.75, 3.05) is 13.2 Å². The maximum atomic E-state index is 5.73. The number of ether oxygens (including phenoxy) is 1. The van der Waals surface area contributed by atoms with E-state index in [1.807, 2.05) is 6.07 Å². The van der Waals surface area contributed by atoms with Gasteiger partial charge in [-0.3, -0.25) is 0 Å². The second-order valence-corrected chi connectivity index (χ2v) is 4.13. The lowest BCUT2D eigenvalue weighted by molar-refractivity contribution is 0.0486. The van der Waals surface area contributed by atoms with E-state index in [4.69, 9.17) is 15.0 Å². The lowest BCUT2D eigenvalue weighted by Crippen LogP contribution is -2.23. The lowest BCUT2D eigenvalue weighted by Gasteiger charge is -2.26. The minimum atomic E-state index is 0.0126. The zero-order valence-corrected chi connectivity index (χ0v) is 9.43. The van der Waals surface area contributed by atoms with E-state index in [1.54, 1.807) is 12.5 Å². The molecule has 1 aliphatic heterocycles. The average Bonchev–Trinajstić information content (AvgIpc) is 2.91. The van der Waals surface area contributed by atoms with Gasteiger partial charge in [0.05, 0.1) is 18.9 Å². The molecule has 17 heavy (non-hydrogen) atoms. The summed E-state index contributed by atoms with van der Waals surface area (Å²) < 4.78 is 10.6. The van der Waals surface area contributed by atoms with Crippen molar-refractivity contribution in [3.8, 4) is 11.1 Å². The molecule has 3 rings (SSSR count). The Bertz CT molecular complexity index is 508. The summed E-state index contributed by atoms with van der Waals surface area (Å²) in [5, 5.41) is 3.76. The molecule has 1 aromatic carbocycles. The molecule has 2 aromatic rings. The van der Waals surface area contributed by atoms with Crippen LogP contribution in [0.1, 0.15) is 17.2 Å². The Hall–Kier alpha value is -1.65. The molecule has 0 amide bonds. The molecule has 4 nitrogen and oxygen atoms in total. The predicted molar refractivity (Wildman–Crippen MR) is 63.4 cm³/mol. The Kier molecular flexibility index (Phi) is 2.66. The topological polar surface area (TPSA) is 61.3 Å². The molecule has 2 heterocycles. The lowest BCUT2D eigenvalue weighted by atomic mass is 9.91. The zero-order chi connectivity index (χ0) is 11.7. The first-order chi connectivity index (χ1) is 8.40. The second kappa shape index (κ2) is 4.31. The van der Waals surface area contributed by atoms with E-state index in [-0.39, 0.29) is 6.10 Å². The van der Waals surface area contributed by atoms with Crippen molar-refractivity contribution in [1.82, 2.24) is 5.16 Å². The Balaban J connectivity index is 2.12. The smallest absolute Gasteiger partial charge is 0.131 e. The quantitative estimate of drug-likeness (QED) is 0.856. The van der Waals surface area contributed by atoms with Crippen LogP contribution in [0.2, 0.25) is 0 Å². The molecular weight excluding hydrogens is 216 g/mol. The Morgan fingerprint density at radius 3 is 3.12 bits per heavy atom. The number of aromatic nitrogens is 1. The second-order valence-electron chi connectivity index (χ2n) is 4.13. The molecule has 0 spiro atoms. The molecule has 88 valence electrons. The first-order valence-corrected chi connectivity index (χ1v) is 5.73. The van der Waals surface area contributed by atoms with Crippen LogP contribution in [0.25, 0.3) is 11.1 Å². The normalized spacial score (nSPS) is 19.0. The molecule has 4 heteroatoms. The Morgan fingerprint density at radius 1 is 1.41 bits per heavy atom. The number of hydrogen-bond donors (Lipinski definition) is 1. The first-order valence-electron chi connectivity index (χ1n) is 5.73. The van der Waals surface area contributed by atoms with E-state index >= 15 is 0 Å². The van der Waals surface area contributed by atoms with Gasteiger partial charge in [0.25, 0.3) is 0 Å². The van der Waals surface area contributed by atoms with Crippen LogP contribution in [-0.2, 0) is 11.2 Å². The molecule has 0 aliphatic carbocycles. The summed E-state index contributed by atoms with van der Waals surface area (Å²) >= 11 is 0. The molecule has 0 fully saturated rings. The van der Waals surface area contributed by atoms with Crippen LogP contribution in [0.5, 0.6) is 0 Å². The van der Waals surface area contributed by atoms with Gasteiger partial charge in [-0.25, -0.2) is 0 Å². The van der Waals surface area contributed by atoms with Gasteiger partial charge in [-0.15, -0.1) is 0 Å². The van der Waals surface area contributed by atoms with E-state index in [0.717, 1.165) is 18.6 Å². The van der Waals surface area contributed by atoms with Crippen molar-refractivity contribution in [1.29, 1.82) is 0 Å². The van der Waals surface area contributed by atoms with Gasteiger partial charge >= 0.3 is 0 Å². The summed E-state index contributed by atoms with van der Waals surface area (Å²) in [5.74, 6) is 0. The molecule has 0 unspecified atom stereocenters. The molecule has 0 saturated heterocycles. The van der Waals surface area contributed by atoms with Gasteiger partial charge < -0.3 is 15.0 Å². The van der Waals surface area contributed by atoms with Gasteiger partial charge in [0.1, 0.15) is 6.26 Å². The fourth-order valence-electron chi connectivity index (χ4n) is 2.38. The van der Waals surface area contributed by atoms with Crippen molar-refractivity contribution in [3.63, 3.8) is 0 Å². The summed E-state index contributed by atoms with van der Waals surface area (Å²) in [6, 6.07) is 6.20. The third-order valence-electron chi connectivity index (χ3n) is 3.19. The maximum absolute atomic E-state index is 5.73. The van der Waals surface area contributed by atoms with Crippen LogP contribution in [-0.4, -0.2) is 18.3 Å². The third kappa shape index (κ3) is 1.75. The number of fused-ring (bicyclic) bond motifs is 1. The molecular formula is C13H14N2O2. The molecule has 0 saturated carbocycles. The Labute approximate surface area is 99.4 Å². The molecule has 0 bridgehead atoms. The zero-order valence-electron chi connectivity index (χ0n) is 9.43. The fourth-order valence-corrected chi connectivity index (χ4v) is 2.38. The fraction of sp³-hybridized carbons (Fsp3) is 0.308. The van der Waals surface area contributed by atoms with E-state index in [9.17, 15) is 0 Å². The minimum absolute atomic E-state index is 0.0126. The summed E-state index contributed by atoms with van der Waals surface area (Å²) in [6.45, 7) is 1.23. The highest BCUT2D eigenvalue weighted by Gasteiger charge is 2.22. The number of rotatable bonds is 2. The number of nitrogens with zero attached hydrogens (tertiary/aromatic N) is 1. The maximum Gasteiger partial charge on any atom is 0.131 e. The summed E-state index contributed by atoms with van der Waals surface area (Å²) in [7, 11) is 0. The van der Waals surface area contributed by atoms with Crippen LogP contribution >= 0.6 is 0 Å². The van der Waals surface area contributed by atoms with Crippen LogP contribution in [0.4, 0.5) is 0 Å². The highest BCUT2D eigenvalue weighted by molar-refractivity contribution is 5.67.